The van der Waals surface area contributed by atoms with E-state index in [9.17, 15) is 0 Å². The van der Waals surface area contributed by atoms with E-state index in [1.165, 1.54) is 64.2 Å². The smallest absolute Gasteiger partial charge is 0.374 e. The largest absolute Gasteiger partial charge is 0.503 e. The normalized spacial score (nSPS) is 22.2. The fourth-order valence-electron chi connectivity index (χ4n) is 4.14. The molecule has 1 saturated heterocycles. The van der Waals surface area contributed by atoms with Crippen LogP contribution in [0.15, 0.2) is 0 Å². The maximum atomic E-state index is 6.54. The van der Waals surface area contributed by atoms with Crippen molar-refractivity contribution in [1.29, 1.82) is 0 Å². The zero-order chi connectivity index (χ0) is 19.8. The van der Waals surface area contributed by atoms with Crippen molar-refractivity contribution >= 4 is 8.80 Å². The van der Waals surface area contributed by atoms with Gasteiger partial charge in [0.15, 0.2) is 5.79 Å². The van der Waals surface area contributed by atoms with Crippen molar-refractivity contribution in [3.63, 3.8) is 0 Å². The van der Waals surface area contributed by atoms with Crippen molar-refractivity contribution in [1.82, 2.24) is 0 Å². The van der Waals surface area contributed by atoms with Gasteiger partial charge in [-0.25, -0.2) is 0 Å². The molecule has 4 nitrogen and oxygen atoms in total. The van der Waals surface area contributed by atoms with Gasteiger partial charge >= 0.3 is 8.80 Å². The molecule has 162 valence electrons. The first-order valence-corrected chi connectivity index (χ1v) is 13.7. The van der Waals surface area contributed by atoms with Crippen molar-refractivity contribution in [3.8, 4) is 0 Å². The van der Waals surface area contributed by atoms with Gasteiger partial charge in [0, 0.05) is 38.7 Å². The highest BCUT2D eigenvalue weighted by atomic mass is 28.4. The van der Waals surface area contributed by atoms with Gasteiger partial charge < -0.3 is 18.0 Å². The summed E-state index contributed by atoms with van der Waals surface area (Å²) in [5.74, 6) is -0.482. The van der Waals surface area contributed by atoms with Crippen LogP contribution in [-0.2, 0) is 18.0 Å². The van der Waals surface area contributed by atoms with Crippen molar-refractivity contribution in [2.24, 2.45) is 0 Å². The van der Waals surface area contributed by atoms with Gasteiger partial charge in [0.2, 0.25) is 0 Å². The van der Waals surface area contributed by atoms with E-state index in [0.29, 0.717) is 19.8 Å². The highest BCUT2D eigenvalue weighted by Gasteiger charge is 2.52. The Morgan fingerprint density at radius 2 is 1.30 bits per heavy atom. The minimum Gasteiger partial charge on any atom is -0.374 e. The van der Waals surface area contributed by atoms with Crippen LogP contribution in [0.4, 0.5) is 0 Å². The molecular weight excluding hydrogens is 356 g/mol. The molecule has 5 heteroatoms. The average Bonchev–Trinajstić information content (AvgIpc) is 2.64. The quantitative estimate of drug-likeness (QED) is 0.197. The highest BCUT2D eigenvalue weighted by molar-refractivity contribution is 6.61. The number of hydrogen-bond donors (Lipinski definition) is 0. The Kier molecular flexibility index (Phi) is 13.9. The van der Waals surface area contributed by atoms with Crippen molar-refractivity contribution in [2.75, 3.05) is 19.8 Å². The maximum absolute atomic E-state index is 6.54. The van der Waals surface area contributed by atoms with Crippen LogP contribution in [0.2, 0.25) is 6.04 Å². The lowest BCUT2D eigenvalue weighted by Gasteiger charge is -2.45. The molecule has 0 aromatic carbocycles. The number of unbranched alkanes of at least 4 members (excludes halogenated alkanes) is 9. The highest BCUT2D eigenvalue weighted by Crippen LogP contribution is 2.39. The van der Waals surface area contributed by atoms with Gasteiger partial charge in [0.1, 0.15) is 0 Å². The molecule has 1 unspecified atom stereocenters. The number of ether oxygens (including phenoxy) is 1. The van der Waals surface area contributed by atoms with Gasteiger partial charge in [0.25, 0.3) is 0 Å². The van der Waals surface area contributed by atoms with Crippen LogP contribution >= 0.6 is 0 Å². The van der Waals surface area contributed by atoms with Crippen LogP contribution in [0.3, 0.4) is 0 Å². The SMILES string of the molecule is CCCCCCCCCCCCC1(OCC)CCC[Si](OCC)(OCC)O1. The monoisotopic (exact) mass is 402 g/mol. The first-order valence-electron chi connectivity index (χ1n) is 11.8. The van der Waals surface area contributed by atoms with Crippen LogP contribution in [0.5, 0.6) is 0 Å². The van der Waals surface area contributed by atoms with E-state index >= 15 is 0 Å². The van der Waals surface area contributed by atoms with Crippen molar-refractivity contribution < 1.29 is 18.0 Å². The lowest BCUT2D eigenvalue weighted by Crippen LogP contribution is -2.57. The summed E-state index contributed by atoms with van der Waals surface area (Å²) in [4.78, 5) is 0. The van der Waals surface area contributed by atoms with Gasteiger partial charge in [-0.2, -0.15) is 0 Å². The lowest BCUT2D eigenvalue weighted by molar-refractivity contribution is -0.226. The van der Waals surface area contributed by atoms with E-state index in [4.69, 9.17) is 18.0 Å². The molecule has 0 spiro atoms. The first-order chi connectivity index (χ1) is 13.2. The molecule has 1 atom stereocenters. The van der Waals surface area contributed by atoms with Crippen LogP contribution in [-0.4, -0.2) is 34.4 Å². The van der Waals surface area contributed by atoms with Crippen LogP contribution < -0.4 is 0 Å². The summed E-state index contributed by atoms with van der Waals surface area (Å²) in [6.07, 6.45) is 16.5. The number of hydrogen-bond acceptors (Lipinski definition) is 4. The molecule has 0 radical (unpaired) electrons. The molecule has 0 bridgehead atoms. The molecule has 0 aliphatic carbocycles. The topological polar surface area (TPSA) is 36.9 Å². The Bertz CT molecular complexity index is 338. The van der Waals surface area contributed by atoms with E-state index in [1.54, 1.807) is 0 Å². The Labute approximate surface area is 170 Å². The second-order valence-corrected chi connectivity index (χ2v) is 10.4. The van der Waals surface area contributed by atoms with Gasteiger partial charge in [-0.1, -0.05) is 64.7 Å². The molecule has 1 rings (SSSR count). The van der Waals surface area contributed by atoms with Gasteiger partial charge in [-0.3, -0.25) is 0 Å². The van der Waals surface area contributed by atoms with E-state index in [0.717, 1.165) is 25.3 Å². The number of rotatable bonds is 17. The third kappa shape index (κ3) is 9.89. The zero-order valence-electron chi connectivity index (χ0n) is 18.7. The summed E-state index contributed by atoms with van der Waals surface area (Å²) in [6.45, 7) is 10.4. The summed E-state index contributed by atoms with van der Waals surface area (Å²) < 4.78 is 24.7. The fourth-order valence-corrected chi connectivity index (χ4v) is 7.05. The van der Waals surface area contributed by atoms with E-state index < -0.39 is 14.6 Å². The van der Waals surface area contributed by atoms with Gasteiger partial charge in [-0.15, -0.1) is 0 Å². The Hall–Kier alpha value is 0.0569. The van der Waals surface area contributed by atoms with E-state index in [-0.39, 0.29) is 0 Å². The minimum absolute atomic E-state index is 0.482. The summed E-state index contributed by atoms with van der Waals surface area (Å²) >= 11 is 0. The third-order valence-electron chi connectivity index (χ3n) is 5.43. The minimum atomic E-state index is -2.58. The van der Waals surface area contributed by atoms with Crippen molar-refractivity contribution in [2.45, 2.75) is 123 Å². The maximum Gasteiger partial charge on any atom is 0.503 e. The molecule has 1 fully saturated rings. The Morgan fingerprint density at radius 3 is 1.81 bits per heavy atom. The van der Waals surface area contributed by atoms with Gasteiger partial charge in [0.05, 0.1) is 0 Å². The average molecular weight is 403 g/mol. The van der Waals surface area contributed by atoms with Crippen LogP contribution in [0, 0.1) is 0 Å². The fraction of sp³-hybridized carbons (Fsp3) is 1.00. The zero-order valence-corrected chi connectivity index (χ0v) is 19.7. The summed E-state index contributed by atoms with van der Waals surface area (Å²) in [7, 11) is -2.58. The predicted octanol–water partition coefficient (Wildman–Crippen LogP) is 6.85. The summed E-state index contributed by atoms with van der Waals surface area (Å²) in [5.41, 5.74) is 0. The second kappa shape index (κ2) is 15.0. The van der Waals surface area contributed by atoms with Crippen molar-refractivity contribution in [3.05, 3.63) is 0 Å². The van der Waals surface area contributed by atoms with Crippen LogP contribution in [0.1, 0.15) is 111 Å². The second-order valence-electron chi connectivity index (χ2n) is 7.78. The molecule has 27 heavy (non-hydrogen) atoms. The Morgan fingerprint density at radius 1 is 0.741 bits per heavy atom. The molecule has 0 amide bonds. The predicted molar refractivity (Wildman–Crippen MR) is 115 cm³/mol. The summed E-state index contributed by atoms with van der Waals surface area (Å²) in [5, 5.41) is 0. The van der Waals surface area contributed by atoms with E-state index in [1.807, 2.05) is 13.8 Å². The van der Waals surface area contributed by atoms with Crippen LogP contribution in [0.25, 0.3) is 0 Å². The molecule has 0 saturated carbocycles. The van der Waals surface area contributed by atoms with E-state index in [2.05, 4.69) is 13.8 Å². The molecular formula is C22H46O4Si. The standard InChI is InChI=1S/C22H46O4Si/c1-5-9-10-11-12-13-14-15-16-17-19-22(23-6-2)20-18-21-27(26-22,24-7-3)25-8-4/h5-21H2,1-4H3. The molecule has 0 aromatic rings. The Balaban J connectivity index is 2.35. The third-order valence-corrected chi connectivity index (χ3v) is 8.54. The molecule has 0 N–H and O–H groups in total. The first kappa shape index (κ1) is 25.1. The lowest BCUT2D eigenvalue weighted by atomic mass is 10.0. The molecule has 1 aliphatic heterocycles. The van der Waals surface area contributed by atoms with Gasteiger partial charge in [-0.05, 0) is 33.6 Å². The summed E-state index contributed by atoms with van der Waals surface area (Å²) in [6, 6.07) is 0.918. The molecule has 0 aromatic heterocycles. The molecule has 1 heterocycles. The molecule has 1 aliphatic rings.